The van der Waals surface area contributed by atoms with Crippen molar-refractivity contribution in [2.24, 2.45) is 0 Å². The largest absolute Gasteiger partial charge is 0.508 e. The summed E-state index contributed by atoms with van der Waals surface area (Å²) in [5, 5.41) is 9.78. The second-order valence-corrected chi connectivity index (χ2v) is 4.78. The Kier molecular flexibility index (Phi) is 2.91. The van der Waals surface area contributed by atoms with E-state index < -0.39 is 0 Å². The van der Waals surface area contributed by atoms with Gasteiger partial charge < -0.3 is 24.4 Å². The predicted octanol–water partition coefficient (Wildman–Crippen LogP) is 0.915. The van der Waals surface area contributed by atoms with Gasteiger partial charge in [0, 0.05) is 38.3 Å². The lowest BCUT2D eigenvalue weighted by molar-refractivity contribution is 0.171. The second-order valence-electron chi connectivity index (χ2n) is 4.78. The van der Waals surface area contributed by atoms with Crippen LogP contribution in [0.4, 0.5) is 5.69 Å². The molecule has 1 fully saturated rings. The molecule has 1 aromatic carbocycles. The van der Waals surface area contributed by atoms with Crippen molar-refractivity contribution in [3.63, 3.8) is 0 Å². The fourth-order valence-corrected chi connectivity index (χ4v) is 2.40. The van der Waals surface area contributed by atoms with Crippen molar-refractivity contribution in [2.45, 2.75) is 0 Å². The first kappa shape index (κ1) is 11.5. The number of nitrogens with zero attached hydrogens (tertiary/aromatic N) is 2. The zero-order valence-corrected chi connectivity index (χ0v) is 10.6. The lowest BCUT2D eigenvalue weighted by atomic mass is 10.2. The Morgan fingerprint density at radius 1 is 1.06 bits per heavy atom. The Balaban J connectivity index is 1.93. The van der Waals surface area contributed by atoms with Gasteiger partial charge in [-0.2, -0.15) is 0 Å². The van der Waals surface area contributed by atoms with Gasteiger partial charge in [0.1, 0.15) is 19.0 Å². The minimum Gasteiger partial charge on any atom is -0.508 e. The topological polar surface area (TPSA) is 45.2 Å². The molecule has 1 aromatic rings. The third-order valence-electron chi connectivity index (χ3n) is 3.45. The van der Waals surface area contributed by atoms with Crippen LogP contribution >= 0.6 is 0 Å². The van der Waals surface area contributed by atoms with E-state index in [4.69, 9.17) is 9.47 Å². The quantitative estimate of drug-likeness (QED) is 0.803. The average Bonchev–Trinajstić information content (AvgIpc) is 2.38. The summed E-state index contributed by atoms with van der Waals surface area (Å²) in [6.07, 6.45) is 0. The number of ether oxygens (including phenoxy) is 2. The van der Waals surface area contributed by atoms with Gasteiger partial charge in [-0.25, -0.2) is 0 Å². The number of piperazine rings is 1. The lowest BCUT2D eigenvalue weighted by Gasteiger charge is -2.35. The molecule has 1 saturated heterocycles. The molecular weight excluding hydrogens is 232 g/mol. The van der Waals surface area contributed by atoms with Crippen LogP contribution in [-0.2, 0) is 0 Å². The van der Waals surface area contributed by atoms with Crippen molar-refractivity contribution in [1.82, 2.24) is 4.90 Å². The van der Waals surface area contributed by atoms with Gasteiger partial charge in [0.2, 0.25) is 0 Å². The number of phenolic OH excluding ortho intramolecular Hbond substituents is 1. The molecule has 0 unspecified atom stereocenters. The molecule has 0 amide bonds. The van der Waals surface area contributed by atoms with E-state index in [-0.39, 0.29) is 5.75 Å². The first-order valence-corrected chi connectivity index (χ1v) is 6.30. The summed E-state index contributed by atoms with van der Waals surface area (Å²) in [5.74, 6) is 1.65. The van der Waals surface area contributed by atoms with E-state index in [1.165, 1.54) is 0 Å². The minimum absolute atomic E-state index is 0.230. The van der Waals surface area contributed by atoms with Gasteiger partial charge in [-0.1, -0.05) is 0 Å². The van der Waals surface area contributed by atoms with Crippen molar-refractivity contribution >= 4 is 5.69 Å². The smallest absolute Gasteiger partial charge is 0.184 e. The summed E-state index contributed by atoms with van der Waals surface area (Å²) in [6.45, 7) is 5.03. The maximum atomic E-state index is 9.78. The van der Waals surface area contributed by atoms with E-state index in [0.29, 0.717) is 19.0 Å². The third-order valence-corrected chi connectivity index (χ3v) is 3.45. The van der Waals surface area contributed by atoms with Crippen molar-refractivity contribution < 1.29 is 14.6 Å². The monoisotopic (exact) mass is 250 g/mol. The maximum Gasteiger partial charge on any atom is 0.184 e. The molecule has 18 heavy (non-hydrogen) atoms. The summed E-state index contributed by atoms with van der Waals surface area (Å²) >= 11 is 0. The number of benzene rings is 1. The van der Waals surface area contributed by atoms with Crippen LogP contribution < -0.4 is 14.4 Å². The third kappa shape index (κ3) is 2.06. The molecule has 0 saturated carbocycles. The van der Waals surface area contributed by atoms with Crippen molar-refractivity contribution in [3.8, 4) is 17.2 Å². The first-order valence-electron chi connectivity index (χ1n) is 6.30. The van der Waals surface area contributed by atoms with Gasteiger partial charge in [-0.3, -0.25) is 0 Å². The van der Waals surface area contributed by atoms with Crippen LogP contribution in [0.5, 0.6) is 17.2 Å². The Morgan fingerprint density at radius 2 is 1.78 bits per heavy atom. The molecule has 0 spiro atoms. The zero-order chi connectivity index (χ0) is 12.5. The molecule has 2 aliphatic heterocycles. The molecule has 0 aromatic heterocycles. The van der Waals surface area contributed by atoms with E-state index >= 15 is 0 Å². The summed E-state index contributed by atoms with van der Waals surface area (Å²) in [7, 11) is 2.12. The van der Waals surface area contributed by atoms with Crippen molar-refractivity contribution in [1.29, 1.82) is 0 Å². The highest BCUT2D eigenvalue weighted by atomic mass is 16.6. The number of rotatable bonds is 1. The van der Waals surface area contributed by atoms with Gasteiger partial charge in [0.25, 0.3) is 0 Å². The van der Waals surface area contributed by atoms with Crippen LogP contribution in [0.2, 0.25) is 0 Å². The van der Waals surface area contributed by atoms with Gasteiger partial charge in [0.05, 0.1) is 5.69 Å². The van der Waals surface area contributed by atoms with Crippen LogP contribution in [-0.4, -0.2) is 56.4 Å². The molecule has 98 valence electrons. The average molecular weight is 250 g/mol. The molecule has 0 atom stereocenters. The molecule has 5 nitrogen and oxygen atoms in total. The number of hydrogen-bond donors (Lipinski definition) is 1. The molecule has 0 radical (unpaired) electrons. The fourth-order valence-electron chi connectivity index (χ4n) is 2.40. The highest BCUT2D eigenvalue weighted by Gasteiger charge is 2.23. The van der Waals surface area contributed by atoms with Gasteiger partial charge >= 0.3 is 0 Å². The number of hydrogen-bond acceptors (Lipinski definition) is 5. The predicted molar refractivity (Wildman–Crippen MR) is 68.8 cm³/mol. The van der Waals surface area contributed by atoms with Gasteiger partial charge in [-0.15, -0.1) is 0 Å². The normalized spacial score (nSPS) is 19.9. The standard InChI is InChI=1S/C13H18N2O3/c1-14-2-4-15(5-3-14)11-8-10(16)9-12-13(11)18-7-6-17-12/h8-9,16H,2-7H2,1H3. The second kappa shape index (κ2) is 4.57. The Bertz CT molecular complexity index is 442. The molecular formula is C13H18N2O3. The van der Waals surface area contributed by atoms with E-state index in [1.54, 1.807) is 12.1 Å². The molecule has 2 heterocycles. The molecule has 0 aliphatic carbocycles. The molecule has 2 aliphatic rings. The Hall–Kier alpha value is -1.62. The van der Waals surface area contributed by atoms with Gasteiger partial charge in [0.15, 0.2) is 11.5 Å². The number of aromatic hydroxyl groups is 1. The maximum absolute atomic E-state index is 9.78. The molecule has 5 heteroatoms. The van der Waals surface area contributed by atoms with E-state index in [1.807, 2.05) is 0 Å². The first-order chi connectivity index (χ1) is 8.74. The minimum atomic E-state index is 0.230. The van der Waals surface area contributed by atoms with Crippen LogP contribution in [0.15, 0.2) is 12.1 Å². The number of anilines is 1. The van der Waals surface area contributed by atoms with E-state index in [2.05, 4.69) is 16.8 Å². The van der Waals surface area contributed by atoms with Crippen LogP contribution in [0.3, 0.4) is 0 Å². The van der Waals surface area contributed by atoms with Crippen molar-refractivity contribution in [3.05, 3.63) is 12.1 Å². The number of likely N-dealkylation sites (N-methyl/N-ethyl adjacent to an activating group) is 1. The zero-order valence-electron chi connectivity index (χ0n) is 10.6. The van der Waals surface area contributed by atoms with Crippen LogP contribution in [0.25, 0.3) is 0 Å². The van der Waals surface area contributed by atoms with Crippen LogP contribution in [0.1, 0.15) is 0 Å². The Morgan fingerprint density at radius 3 is 2.56 bits per heavy atom. The summed E-state index contributed by atoms with van der Waals surface area (Å²) in [5.41, 5.74) is 0.942. The summed E-state index contributed by atoms with van der Waals surface area (Å²) in [6, 6.07) is 3.38. The highest BCUT2D eigenvalue weighted by molar-refractivity contribution is 5.68. The summed E-state index contributed by atoms with van der Waals surface area (Å²) in [4.78, 5) is 4.54. The molecule has 3 rings (SSSR count). The molecule has 0 bridgehead atoms. The van der Waals surface area contributed by atoms with Crippen molar-refractivity contribution in [2.75, 3.05) is 51.3 Å². The van der Waals surface area contributed by atoms with E-state index in [0.717, 1.165) is 37.6 Å². The highest BCUT2D eigenvalue weighted by Crippen LogP contribution is 2.43. The summed E-state index contributed by atoms with van der Waals surface area (Å²) < 4.78 is 11.2. The molecule has 1 N–H and O–H groups in total. The number of phenols is 1. The van der Waals surface area contributed by atoms with Crippen LogP contribution in [0, 0.1) is 0 Å². The van der Waals surface area contributed by atoms with E-state index in [9.17, 15) is 5.11 Å². The Labute approximate surface area is 107 Å². The van der Waals surface area contributed by atoms with Gasteiger partial charge in [-0.05, 0) is 7.05 Å². The fraction of sp³-hybridized carbons (Fsp3) is 0.538. The lowest BCUT2D eigenvalue weighted by Crippen LogP contribution is -2.44. The SMILES string of the molecule is CN1CCN(c2cc(O)cc3c2OCCO3)CC1. The number of fused-ring (bicyclic) bond motifs is 1.